The Labute approximate surface area is 152 Å². The number of fused-ring (bicyclic) bond motifs is 5. The van der Waals surface area contributed by atoms with Crippen LogP contribution in [-0.2, 0) is 7.05 Å². The predicted molar refractivity (Wildman–Crippen MR) is 105 cm³/mol. The molecule has 6 aromatic rings. The van der Waals surface area contributed by atoms with Crippen molar-refractivity contribution < 1.29 is 4.57 Å². The number of thiophene rings is 1. The number of para-hydroxylation sites is 1. The van der Waals surface area contributed by atoms with Crippen LogP contribution in [0.1, 0.15) is 11.1 Å². The number of aryl methyl sites for hydroxylation is 2. The molecule has 0 aliphatic rings. The fraction of sp³-hybridized carbons (Fsp3) is 0.0952. The van der Waals surface area contributed by atoms with Crippen LogP contribution < -0.4 is 4.57 Å². The summed E-state index contributed by atoms with van der Waals surface area (Å²) < 4.78 is 4.43. The van der Waals surface area contributed by atoms with Gasteiger partial charge in [-0.1, -0.05) is 29.5 Å². The lowest BCUT2D eigenvalue weighted by molar-refractivity contribution is -0.646. The molecular weight excluding hydrogens is 340 g/mol. The van der Waals surface area contributed by atoms with Crippen LogP contribution in [0.2, 0.25) is 0 Å². The molecule has 0 bridgehead atoms. The van der Waals surface area contributed by atoms with Gasteiger partial charge < -0.3 is 4.40 Å². The standard InChI is InChI=1S/C21H13N4S/c1-11-7-12(8-22)17-13-5-3-4-6-14(13)25-15-9-26-21-18(15)19(16(11)20(17)25)24(2)10-23-21/h3-7,9-10H,1-2H3/q+1. The molecule has 0 radical (unpaired) electrons. The van der Waals surface area contributed by atoms with Crippen LogP contribution in [0.15, 0.2) is 42.0 Å². The average Bonchev–Trinajstić information content (AvgIpc) is 3.22. The van der Waals surface area contributed by atoms with Gasteiger partial charge in [0.15, 0.2) is 5.52 Å². The first-order chi connectivity index (χ1) is 12.7. The second-order valence-electron chi connectivity index (χ2n) is 6.81. The quantitative estimate of drug-likeness (QED) is 0.299. The van der Waals surface area contributed by atoms with Crippen LogP contribution >= 0.6 is 11.3 Å². The lowest BCUT2D eigenvalue weighted by Gasteiger charge is -2.10. The zero-order valence-electron chi connectivity index (χ0n) is 14.2. The van der Waals surface area contributed by atoms with Crippen molar-refractivity contribution in [3.8, 4) is 6.07 Å². The maximum Gasteiger partial charge on any atom is 0.288 e. The molecular formula is C21H13N4S+. The first-order valence-electron chi connectivity index (χ1n) is 8.44. The Morgan fingerprint density at radius 2 is 2.00 bits per heavy atom. The van der Waals surface area contributed by atoms with Crippen molar-refractivity contribution in [3.05, 3.63) is 53.2 Å². The first-order valence-corrected chi connectivity index (χ1v) is 9.32. The normalized spacial score (nSPS) is 12.2. The van der Waals surface area contributed by atoms with E-state index >= 15 is 0 Å². The van der Waals surface area contributed by atoms with Gasteiger partial charge in [-0.3, -0.25) is 0 Å². The SMILES string of the molecule is Cc1cc(C#N)c2c3ccccc3n3c4csc5nc[n+](C)c(c1c23)c54. The largest absolute Gasteiger partial charge is 0.307 e. The molecule has 0 unspecified atom stereocenters. The lowest BCUT2D eigenvalue weighted by atomic mass is 9.99. The van der Waals surface area contributed by atoms with Crippen molar-refractivity contribution in [1.29, 1.82) is 5.26 Å². The highest BCUT2D eigenvalue weighted by atomic mass is 32.1. The molecule has 0 N–H and O–H groups in total. The Kier molecular flexibility index (Phi) is 2.41. The van der Waals surface area contributed by atoms with E-state index in [1.54, 1.807) is 11.3 Å². The zero-order chi connectivity index (χ0) is 17.6. The van der Waals surface area contributed by atoms with Crippen molar-refractivity contribution >= 4 is 59.8 Å². The van der Waals surface area contributed by atoms with Crippen molar-refractivity contribution in [2.24, 2.45) is 7.05 Å². The summed E-state index contributed by atoms with van der Waals surface area (Å²) in [6.45, 7) is 2.10. The smallest absolute Gasteiger partial charge is 0.288 e. The summed E-state index contributed by atoms with van der Waals surface area (Å²) in [6.07, 6.45) is 1.89. The third-order valence-electron chi connectivity index (χ3n) is 5.42. The topological polar surface area (TPSA) is 45.0 Å². The van der Waals surface area contributed by atoms with Gasteiger partial charge in [-0.15, -0.1) is 0 Å². The van der Waals surface area contributed by atoms with Crippen LogP contribution in [-0.4, -0.2) is 9.38 Å². The van der Waals surface area contributed by atoms with Crippen LogP contribution in [0, 0.1) is 18.3 Å². The molecule has 0 spiro atoms. The highest BCUT2D eigenvalue weighted by Gasteiger charge is 2.26. The molecule has 0 aliphatic carbocycles. The maximum atomic E-state index is 9.80. The minimum atomic E-state index is 0.739. The van der Waals surface area contributed by atoms with Crippen LogP contribution in [0.4, 0.5) is 0 Å². The highest BCUT2D eigenvalue weighted by molar-refractivity contribution is 7.17. The van der Waals surface area contributed by atoms with Crippen molar-refractivity contribution in [2.45, 2.75) is 6.92 Å². The predicted octanol–water partition coefficient (Wildman–Crippen LogP) is 4.45. The Bertz CT molecular complexity index is 1560. The summed E-state index contributed by atoms with van der Waals surface area (Å²) in [6, 6.07) is 12.8. The van der Waals surface area contributed by atoms with Crippen molar-refractivity contribution in [3.63, 3.8) is 0 Å². The molecule has 0 saturated heterocycles. The molecule has 5 heteroatoms. The Hall–Kier alpha value is -3.23. The monoisotopic (exact) mass is 353 g/mol. The molecule has 122 valence electrons. The van der Waals surface area contributed by atoms with Gasteiger partial charge in [0, 0.05) is 21.5 Å². The number of nitrogens with zero attached hydrogens (tertiary/aromatic N) is 4. The van der Waals surface area contributed by atoms with Crippen LogP contribution in [0.3, 0.4) is 0 Å². The minimum absolute atomic E-state index is 0.739. The molecule has 2 aromatic carbocycles. The fourth-order valence-corrected chi connectivity index (χ4v) is 5.30. The summed E-state index contributed by atoms with van der Waals surface area (Å²) in [5, 5.41) is 16.6. The molecule has 26 heavy (non-hydrogen) atoms. The maximum absolute atomic E-state index is 9.80. The van der Waals surface area contributed by atoms with Crippen molar-refractivity contribution in [1.82, 2.24) is 9.38 Å². The van der Waals surface area contributed by atoms with E-state index < -0.39 is 0 Å². The van der Waals surface area contributed by atoms with E-state index in [9.17, 15) is 5.26 Å². The molecule has 0 amide bonds. The van der Waals surface area contributed by atoms with Gasteiger partial charge in [0.2, 0.25) is 4.83 Å². The molecule has 0 saturated carbocycles. The summed E-state index contributed by atoms with van der Waals surface area (Å²) in [5.41, 5.74) is 6.49. The number of hydrogen-bond donors (Lipinski definition) is 0. The fourth-order valence-electron chi connectivity index (χ4n) is 4.43. The van der Waals surface area contributed by atoms with E-state index in [-0.39, 0.29) is 0 Å². The molecule has 0 aliphatic heterocycles. The van der Waals surface area contributed by atoms with Crippen molar-refractivity contribution in [2.75, 3.05) is 0 Å². The summed E-state index contributed by atoms with van der Waals surface area (Å²) in [4.78, 5) is 5.67. The van der Waals surface area contributed by atoms with Gasteiger partial charge in [0.05, 0.1) is 35.2 Å². The van der Waals surface area contributed by atoms with Gasteiger partial charge in [0.1, 0.15) is 5.39 Å². The highest BCUT2D eigenvalue weighted by Crippen LogP contribution is 2.42. The number of pyridine rings is 1. The number of aromatic nitrogens is 3. The van der Waals surface area contributed by atoms with Gasteiger partial charge >= 0.3 is 0 Å². The summed E-state index contributed by atoms with van der Waals surface area (Å²) in [5.74, 6) is 0. The molecule has 0 atom stereocenters. The second kappa shape index (κ2) is 4.48. The van der Waals surface area contributed by atoms with E-state index in [0.717, 1.165) is 43.3 Å². The van der Waals surface area contributed by atoms with E-state index in [0.29, 0.717) is 0 Å². The van der Waals surface area contributed by atoms with Gasteiger partial charge in [-0.05, 0) is 29.6 Å². The number of nitriles is 1. The van der Waals surface area contributed by atoms with E-state index in [1.165, 1.54) is 16.3 Å². The van der Waals surface area contributed by atoms with E-state index in [4.69, 9.17) is 0 Å². The number of hydrogen-bond acceptors (Lipinski definition) is 3. The Balaban J connectivity index is 2.18. The van der Waals surface area contributed by atoms with Gasteiger partial charge in [-0.2, -0.15) is 5.26 Å². The molecule has 4 aromatic heterocycles. The average molecular weight is 353 g/mol. The third-order valence-corrected chi connectivity index (χ3v) is 6.30. The second-order valence-corrected chi connectivity index (χ2v) is 7.67. The third kappa shape index (κ3) is 1.41. The Morgan fingerprint density at radius 3 is 2.85 bits per heavy atom. The summed E-state index contributed by atoms with van der Waals surface area (Å²) in [7, 11) is 2.05. The number of benzene rings is 2. The van der Waals surface area contributed by atoms with Gasteiger partial charge in [-0.25, -0.2) is 4.57 Å². The molecule has 4 nitrogen and oxygen atoms in total. The minimum Gasteiger partial charge on any atom is -0.307 e. The molecule has 4 heterocycles. The van der Waals surface area contributed by atoms with E-state index in [1.807, 2.05) is 25.5 Å². The summed E-state index contributed by atoms with van der Waals surface area (Å²) >= 11 is 1.67. The van der Waals surface area contributed by atoms with Gasteiger partial charge in [0.25, 0.3) is 6.33 Å². The van der Waals surface area contributed by atoms with Crippen LogP contribution in [0.25, 0.3) is 48.4 Å². The lowest BCUT2D eigenvalue weighted by Crippen LogP contribution is -2.29. The van der Waals surface area contributed by atoms with Crippen LogP contribution in [0.5, 0.6) is 0 Å². The number of rotatable bonds is 0. The Morgan fingerprint density at radius 1 is 1.15 bits per heavy atom. The first kappa shape index (κ1) is 14.0. The molecule has 0 fully saturated rings. The zero-order valence-corrected chi connectivity index (χ0v) is 15.1. The van der Waals surface area contributed by atoms with E-state index in [2.05, 4.69) is 50.5 Å². The molecule has 6 rings (SSSR count).